The van der Waals surface area contributed by atoms with Gasteiger partial charge in [-0.05, 0) is 51.8 Å². The Bertz CT molecular complexity index is 960. The Labute approximate surface area is 199 Å². The number of hydrogen-bond acceptors (Lipinski definition) is 6. The topological polar surface area (TPSA) is 108 Å². The summed E-state index contributed by atoms with van der Waals surface area (Å²) in [5.74, 6) is -0.383. The minimum Gasteiger partial charge on any atom is -0.444 e. The number of ether oxygens (including phenoxy) is 2. The van der Waals surface area contributed by atoms with Crippen molar-refractivity contribution in [3.8, 4) is 0 Å². The summed E-state index contributed by atoms with van der Waals surface area (Å²) in [6.45, 7) is 8.03. The zero-order valence-corrected chi connectivity index (χ0v) is 19.9. The molecule has 1 aromatic carbocycles. The van der Waals surface area contributed by atoms with Crippen molar-refractivity contribution in [1.82, 2.24) is 15.1 Å². The van der Waals surface area contributed by atoms with E-state index in [1.807, 2.05) is 20.8 Å². The molecule has 3 saturated heterocycles. The molecule has 0 radical (unpaired) electrons. The van der Waals surface area contributed by atoms with E-state index < -0.39 is 11.6 Å². The molecule has 1 N–H and O–H groups in total. The zero-order valence-electron chi connectivity index (χ0n) is 19.9. The summed E-state index contributed by atoms with van der Waals surface area (Å²) in [6, 6.07) is 6.46. The third-order valence-corrected chi connectivity index (χ3v) is 6.07. The van der Waals surface area contributed by atoms with E-state index in [9.17, 15) is 19.2 Å². The van der Waals surface area contributed by atoms with E-state index in [-0.39, 0.29) is 43.1 Å². The molecule has 1 aromatic rings. The van der Waals surface area contributed by atoms with Crippen LogP contribution in [0, 0.1) is 0 Å². The summed E-state index contributed by atoms with van der Waals surface area (Å²) in [5.41, 5.74) is 0.586. The smallest absolute Gasteiger partial charge is 0.410 e. The molecule has 3 fully saturated rings. The number of nitrogens with zero attached hydrogens (tertiary/aromatic N) is 3. The van der Waals surface area contributed by atoms with Crippen LogP contribution in [0.4, 0.5) is 15.3 Å². The van der Waals surface area contributed by atoms with Crippen molar-refractivity contribution in [1.29, 1.82) is 0 Å². The molecule has 3 aliphatic heterocycles. The highest BCUT2D eigenvalue weighted by Crippen LogP contribution is 2.24. The Morgan fingerprint density at radius 3 is 2.35 bits per heavy atom. The molecule has 5 amide bonds. The fourth-order valence-corrected chi connectivity index (χ4v) is 4.27. The summed E-state index contributed by atoms with van der Waals surface area (Å²) in [6.07, 6.45) is 1.42. The van der Waals surface area contributed by atoms with Crippen LogP contribution in [0.5, 0.6) is 0 Å². The molecular formula is C24H32N4O6. The molecule has 10 nitrogen and oxygen atoms in total. The zero-order chi connectivity index (χ0) is 24.5. The largest absolute Gasteiger partial charge is 0.444 e. The van der Waals surface area contributed by atoms with Crippen molar-refractivity contribution in [3.05, 3.63) is 29.8 Å². The molecule has 0 aliphatic carbocycles. The number of carbonyl (C=O) groups excluding carboxylic acids is 4. The van der Waals surface area contributed by atoms with Crippen LogP contribution in [0.15, 0.2) is 24.3 Å². The van der Waals surface area contributed by atoms with Crippen molar-refractivity contribution >= 4 is 29.6 Å². The maximum atomic E-state index is 13.1. The highest BCUT2D eigenvalue weighted by Gasteiger charge is 2.36. The summed E-state index contributed by atoms with van der Waals surface area (Å²) in [5, 5.41) is 2.30. The standard InChI is InChI=1S/C24H32N4O6/c1-24(2,3)34-23(32)27-14-19(15-27)33-18-7-10-26(11-8-18)21(30)16-5-4-6-17(13-16)28-12-9-20(29)25-22(28)31/h4-6,13,18-19H,7-12,14-15H2,1-3H3,(H,25,29,31). The van der Waals surface area contributed by atoms with Gasteiger partial charge in [0.05, 0.1) is 25.3 Å². The van der Waals surface area contributed by atoms with Crippen molar-refractivity contribution in [3.63, 3.8) is 0 Å². The molecular weight excluding hydrogens is 440 g/mol. The second-order valence-electron chi connectivity index (χ2n) is 9.94. The average molecular weight is 473 g/mol. The van der Waals surface area contributed by atoms with Gasteiger partial charge in [0.1, 0.15) is 5.60 Å². The van der Waals surface area contributed by atoms with Gasteiger partial charge >= 0.3 is 12.1 Å². The minimum absolute atomic E-state index is 0.000905. The summed E-state index contributed by atoms with van der Waals surface area (Å²) < 4.78 is 11.5. The number of urea groups is 1. The number of rotatable bonds is 4. The number of hydrogen-bond donors (Lipinski definition) is 1. The first-order valence-electron chi connectivity index (χ1n) is 11.7. The van der Waals surface area contributed by atoms with Crippen LogP contribution in [0.2, 0.25) is 0 Å². The fourth-order valence-electron chi connectivity index (χ4n) is 4.27. The van der Waals surface area contributed by atoms with Crippen LogP contribution >= 0.6 is 0 Å². The van der Waals surface area contributed by atoms with Gasteiger partial charge < -0.3 is 19.3 Å². The van der Waals surface area contributed by atoms with Crippen LogP contribution < -0.4 is 10.2 Å². The molecule has 3 heterocycles. The van der Waals surface area contributed by atoms with Crippen molar-refractivity contribution in [2.75, 3.05) is 37.6 Å². The fraction of sp³-hybridized carbons (Fsp3) is 0.583. The number of benzene rings is 1. The van der Waals surface area contributed by atoms with Crippen molar-refractivity contribution in [2.45, 2.75) is 57.8 Å². The lowest BCUT2D eigenvalue weighted by molar-refractivity contribution is -0.120. The van der Waals surface area contributed by atoms with Crippen molar-refractivity contribution in [2.24, 2.45) is 0 Å². The first-order valence-corrected chi connectivity index (χ1v) is 11.7. The molecule has 4 rings (SSSR count). The molecule has 34 heavy (non-hydrogen) atoms. The molecule has 0 unspecified atom stereocenters. The normalized spacial score (nSPS) is 20.1. The average Bonchev–Trinajstić information content (AvgIpc) is 2.74. The van der Waals surface area contributed by atoms with Gasteiger partial charge in [-0.1, -0.05) is 6.07 Å². The van der Waals surface area contributed by atoms with Crippen LogP contribution in [0.25, 0.3) is 0 Å². The number of anilines is 1. The minimum atomic E-state index is -0.513. The van der Waals surface area contributed by atoms with Gasteiger partial charge in [-0.25, -0.2) is 9.59 Å². The SMILES string of the molecule is CC(C)(C)OC(=O)N1CC(OC2CCN(C(=O)c3cccc(N4CCC(=O)NC4=O)c3)CC2)C1. The van der Waals surface area contributed by atoms with E-state index in [4.69, 9.17) is 9.47 Å². The van der Waals surface area contributed by atoms with E-state index in [2.05, 4.69) is 5.32 Å². The first-order chi connectivity index (χ1) is 16.1. The Hall–Kier alpha value is -3.14. The highest BCUT2D eigenvalue weighted by atomic mass is 16.6. The summed E-state index contributed by atoms with van der Waals surface area (Å²) in [7, 11) is 0. The Balaban J connectivity index is 1.24. The lowest BCUT2D eigenvalue weighted by atomic mass is 10.0. The number of piperidine rings is 1. The van der Waals surface area contributed by atoms with Crippen molar-refractivity contribution < 1.29 is 28.7 Å². The molecule has 0 atom stereocenters. The van der Waals surface area contributed by atoms with E-state index in [0.717, 1.165) is 12.8 Å². The first kappa shape index (κ1) is 24.0. The maximum Gasteiger partial charge on any atom is 0.410 e. The number of amides is 5. The molecule has 0 bridgehead atoms. The molecule has 3 aliphatic rings. The Morgan fingerprint density at radius 2 is 1.71 bits per heavy atom. The molecule has 10 heteroatoms. The predicted molar refractivity (Wildman–Crippen MR) is 124 cm³/mol. The molecule has 184 valence electrons. The molecule has 0 spiro atoms. The van der Waals surface area contributed by atoms with E-state index in [0.29, 0.717) is 37.4 Å². The summed E-state index contributed by atoms with van der Waals surface area (Å²) >= 11 is 0. The quantitative estimate of drug-likeness (QED) is 0.721. The Morgan fingerprint density at radius 1 is 1.00 bits per heavy atom. The van der Waals surface area contributed by atoms with Crippen LogP contribution in [0.1, 0.15) is 50.4 Å². The predicted octanol–water partition coefficient (Wildman–Crippen LogP) is 2.37. The molecule has 0 aromatic heterocycles. The maximum absolute atomic E-state index is 13.1. The van der Waals surface area contributed by atoms with E-state index >= 15 is 0 Å². The number of imide groups is 1. The monoisotopic (exact) mass is 472 g/mol. The lowest BCUT2D eigenvalue weighted by Crippen LogP contribution is -2.57. The van der Waals surface area contributed by atoms with Gasteiger partial charge in [0, 0.05) is 37.3 Å². The Kier molecular flexibility index (Phi) is 6.79. The van der Waals surface area contributed by atoms with Gasteiger partial charge in [-0.2, -0.15) is 0 Å². The van der Waals surface area contributed by atoms with E-state index in [1.54, 1.807) is 34.1 Å². The number of carbonyl (C=O) groups is 4. The lowest BCUT2D eigenvalue weighted by Gasteiger charge is -2.42. The van der Waals surface area contributed by atoms with Crippen LogP contribution in [0.3, 0.4) is 0 Å². The second kappa shape index (κ2) is 9.61. The number of likely N-dealkylation sites (tertiary alicyclic amines) is 2. The van der Waals surface area contributed by atoms with Crippen LogP contribution in [-0.2, 0) is 14.3 Å². The third kappa shape index (κ3) is 5.67. The van der Waals surface area contributed by atoms with E-state index in [1.165, 1.54) is 4.90 Å². The van der Waals surface area contributed by atoms with Gasteiger partial charge in [0.15, 0.2) is 0 Å². The third-order valence-electron chi connectivity index (χ3n) is 6.07. The second-order valence-corrected chi connectivity index (χ2v) is 9.94. The van der Waals surface area contributed by atoms with Crippen LogP contribution in [-0.4, -0.2) is 84.3 Å². The van der Waals surface area contributed by atoms with Gasteiger partial charge in [-0.15, -0.1) is 0 Å². The highest BCUT2D eigenvalue weighted by molar-refractivity contribution is 6.06. The molecule has 0 saturated carbocycles. The number of nitrogens with one attached hydrogen (secondary N) is 1. The van der Waals surface area contributed by atoms with Gasteiger partial charge in [0.25, 0.3) is 5.91 Å². The van der Waals surface area contributed by atoms with Gasteiger partial charge in [-0.3, -0.25) is 19.8 Å². The van der Waals surface area contributed by atoms with Gasteiger partial charge in [0.2, 0.25) is 5.91 Å². The summed E-state index contributed by atoms with van der Waals surface area (Å²) in [4.78, 5) is 53.5.